The Labute approximate surface area is 60.4 Å². The normalized spacial score (nSPS) is 9.50. The van der Waals surface area contributed by atoms with Crippen molar-refractivity contribution in [3.05, 3.63) is 0 Å². The molecule has 0 aromatic carbocycles. The molecule has 0 spiro atoms. The molecule has 0 aliphatic carbocycles. The maximum absolute atomic E-state index is 10.8. The molecule has 0 aromatic rings. The van der Waals surface area contributed by atoms with Gasteiger partial charge < -0.3 is 4.74 Å². The van der Waals surface area contributed by atoms with E-state index >= 15 is 0 Å². The minimum atomic E-state index is -0.417. The van der Waals surface area contributed by atoms with Gasteiger partial charge in [0.15, 0.2) is 0 Å². The molecule has 0 saturated carbocycles. The second kappa shape index (κ2) is 4.97. The number of ether oxygens (including phenoxy) is 1. The Hall–Kier alpha value is -0.860. The zero-order valence-electron chi connectivity index (χ0n) is 6.29. The molecule has 0 amide bonds. The van der Waals surface area contributed by atoms with Gasteiger partial charge in [-0.1, -0.05) is 13.8 Å². The summed E-state index contributed by atoms with van der Waals surface area (Å²) in [4.78, 5) is 20.5. The van der Waals surface area contributed by atoms with Gasteiger partial charge in [-0.05, 0) is 12.8 Å². The van der Waals surface area contributed by atoms with Crippen molar-refractivity contribution in [3.63, 3.8) is 0 Å². The quantitative estimate of drug-likeness (QED) is 0.337. The third kappa shape index (κ3) is 2.62. The predicted molar refractivity (Wildman–Crippen MR) is 36.2 cm³/mol. The molecule has 0 fully saturated rings. The summed E-state index contributed by atoms with van der Waals surface area (Å²) in [6, 6.07) is 0. The topological polar surface area (TPSA) is 43.4 Å². The lowest BCUT2D eigenvalue weighted by molar-refractivity contribution is -0.155. The van der Waals surface area contributed by atoms with Crippen molar-refractivity contribution in [2.45, 2.75) is 26.7 Å². The van der Waals surface area contributed by atoms with Crippen LogP contribution in [0.25, 0.3) is 0 Å². The fourth-order valence-electron chi connectivity index (χ4n) is 0.766. The molecular weight excluding hydrogens is 132 g/mol. The standard InChI is InChI=1S/C7H12O3/c1-3-6(4-2)7(9)10-5-8/h5-6H,3-4H2,1-2H3. The number of hydrogen-bond donors (Lipinski definition) is 0. The van der Waals surface area contributed by atoms with E-state index in [1.165, 1.54) is 0 Å². The Balaban J connectivity index is 3.76. The summed E-state index contributed by atoms with van der Waals surface area (Å²) in [6.45, 7) is 3.96. The zero-order chi connectivity index (χ0) is 7.98. The minimum Gasteiger partial charge on any atom is -0.395 e. The highest BCUT2D eigenvalue weighted by molar-refractivity contribution is 5.78. The first-order valence-corrected chi connectivity index (χ1v) is 3.40. The molecule has 58 valence electrons. The molecule has 0 aliphatic heterocycles. The lowest BCUT2D eigenvalue weighted by Gasteiger charge is -2.06. The van der Waals surface area contributed by atoms with Gasteiger partial charge in [-0.25, -0.2) is 0 Å². The summed E-state index contributed by atoms with van der Waals surface area (Å²) >= 11 is 0. The highest BCUT2D eigenvalue weighted by Gasteiger charge is 2.14. The molecule has 0 saturated heterocycles. The lowest BCUT2D eigenvalue weighted by Crippen LogP contribution is -2.15. The minimum absolute atomic E-state index is 0.120. The van der Waals surface area contributed by atoms with Crippen molar-refractivity contribution in [2.75, 3.05) is 0 Å². The Morgan fingerprint density at radius 2 is 2.00 bits per heavy atom. The van der Waals surface area contributed by atoms with Crippen LogP contribution < -0.4 is 0 Å². The van der Waals surface area contributed by atoms with Crippen molar-refractivity contribution < 1.29 is 14.3 Å². The number of carbonyl (C=O) groups excluding carboxylic acids is 2. The van der Waals surface area contributed by atoms with Crippen LogP contribution in [0.15, 0.2) is 0 Å². The summed E-state index contributed by atoms with van der Waals surface area (Å²) < 4.78 is 4.17. The highest BCUT2D eigenvalue weighted by atomic mass is 16.6. The average Bonchev–Trinajstić information content (AvgIpc) is 1.91. The van der Waals surface area contributed by atoms with E-state index in [1.54, 1.807) is 0 Å². The van der Waals surface area contributed by atoms with Crippen molar-refractivity contribution in [3.8, 4) is 0 Å². The molecule has 0 heterocycles. The monoisotopic (exact) mass is 144 g/mol. The summed E-state index contributed by atoms with van der Waals surface area (Å²) in [5.74, 6) is -0.537. The van der Waals surface area contributed by atoms with Crippen molar-refractivity contribution in [1.82, 2.24) is 0 Å². The molecule has 10 heavy (non-hydrogen) atoms. The van der Waals surface area contributed by atoms with Crippen LogP contribution in [-0.2, 0) is 14.3 Å². The second-order valence-corrected chi connectivity index (χ2v) is 2.05. The van der Waals surface area contributed by atoms with Crippen molar-refractivity contribution >= 4 is 12.4 Å². The lowest BCUT2D eigenvalue weighted by atomic mass is 10.0. The fourth-order valence-corrected chi connectivity index (χ4v) is 0.766. The number of rotatable bonds is 4. The molecule has 0 radical (unpaired) electrons. The molecule has 0 aliphatic rings. The summed E-state index contributed by atoms with van der Waals surface area (Å²) in [5, 5.41) is 0. The van der Waals surface area contributed by atoms with Crippen LogP contribution in [0, 0.1) is 5.92 Å². The van der Waals surface area contributed by atoms with Crippen LogP contribution in [-0.4, -0.2) is 12.4 Å². The predicted octanol–water partition coefficient (Wildman–Crippen LogP) is 1.12. The fraction of sp³-hybridized carbons (Fsp3) is 0.714. The van der Waals surface area contributed by atoms with Crippen LogP contribution in [0.2, 0.25) is 0 Å². The number of esters is 1. The second-order valence-electron chi connectivity index (χ2n) is 2.05. The van der Waals surface area contributed by atoms with Crippen LogP contribution in [0.5, 0.6) is 0 Å². The average molecular weight is 144 g/mol. The van der Waals surface area contributed by atoms with E-state index in [0.29, 0.717) is 0 Å². The van der Waals surface area contributed by atoms with Gasteiger partial charge in [-0.2, -0.15) is 0 Å². The Morgan fingerprint density at radius 1 is 1.50 bits per heavy atom. The van der Waals surface area contributed by atoms with Gasteiger partial charge in [-0.15, -0.1) is 0 Å². The summed E-state index contributed by atoms with van der Waals surface area (Å²) in [5.41, 5.74) is 0. The van der Waals surface area contributed by atoms with E-state index in [1.807, 2.05) is 13.8 Å². The van der Waals surface area contributed by atoms with Gasteiger partial charge in [0.05, 0.1) is 5.92 Å². The van der Waals surface area contributed by atoms with Crippen LogP contribution in [0.4, 0.5) is 0 Å². The van der Waals surface area contributed by atoms with Crippen molar-refractivity contribution in [2.24, 2.45) is 5.92 Å². The Morgan fingerprint density at radius 3 is 2.30 bits per heavy atom. The SMILES string of the molecule is CCC(CC)C(=O)OC=O. The Bertz CT molecular complexity index is 116. The van der Waals surface area contributed by atoms with E-state index in [0.717, 1.165) is 12.8 Å². The van der Waals surface area contributed by atoms with Crippen LogP contribution in [0.3, 0.4) is 0 Å². The van der Waals surface area contributed by atoms with Gasteiger partial charge in [0, 0.05) is 0 Å². The van der Waals surface area contributed by atoms with E-state index < -0.39 is 5.97 Å². The van der Waals surface area contributed by atoms with E-state index in [2.05, 4.69) is 4.74 Å². The molecule has 0 unspecified atom stereocenters. The zero-order valence-corrected chi connectivity index (χ0v) is 6.29. The van der Waals surface area contributed by atoms with E-state index in [9.17, 15) is 9.59 Å². The van der Waals surface area contributed by atoms with Gasteiger partial charge in [0.25, 0.3) is 0 Å². The molecular formula is C7H12O3. The first-order chi connectivity index (χ1) is 4.76. The molecule has 0 aromatic heterocycles. The van der Waals surface area contributed by atoms with Crippen LogP contribution >= 0.6 is 0 Å². The largest absolute Gasteiger partial charge is 0.395 e. The molecule has 0 N–H and O–H groups in total. The first-order valence-electron chi connectivity index (χ1n) is 3.40. The maximum atomic E-state index is 10.8. The highest BCUT2D eigenvalue weighted by Crippen LogP contribution is 2.08. The van der Waals surface area contributed by atoms with Crippen LogP contribution in [0.1, 0.15) is 26.7 Å². The maximum Gasteiger partial charge on any atom is 0.316 e. The molecule has 3 nitrogen and oxygen atoms in total. The smallest absolute Gasteiger partial charge is 0.316 e. The summed E-state index contributed by atoms with van der Waals surface area (Å²) in [7, 11) is 0. The van der Waals surface area contributed by atoms with E-state index in [4.69, 9.17) is 0 Å². The third-order valence-electron chi connectivity index (χ3n) is 1.48. The van der Waals surface area contributed by atoms with Crippen molar-refractivity contribution in [1.29, 1.82) is 0 Å². The molecule has 0 rings (SSSR count). The molecule has 0 atom stereocenters. The molecule has 0 bridgehead atoms. The molecule has 3 heteroatoms. The van der Waals surface area contributed by atoms with Gasteiger partial charge in [-0.3, -0.25) is 9.59 Å². The Kier molecular flexibility index (Phi) is 4.54. The van der Waals surface area contributed by atoms with E-state index in [-0.39, 0.29) is 12.4 Å². The number of carbonyl (C=O) groups is 2. The third-order valence-corrected chi connectivity index (χ3v) is 1.48. The number of hydrogen-bond acceptors (Lipinski definition) is 3. The first kappa shape index (κ1) is 9.14. The van der Waals surface area contributed by atoms with Gasteiger partial charge >= 0.3 is 12.4 Å². The van der Waals surface area contributed by atoms with Gasteiger partial charge in [0.1, 0.15) is 0 Å². The van der Waals surface area contributed by atoms with Gasteiger partial charge in [0.2, 0.25) is 0 Å². The summed E-state index contributed by atoms with van der Waals surface area (Å²) in [6.07, 6.45) is 1.45.